The van der Waals surface area contributed by atoms with Crippen LogP contribution in [0.15, 0.2) is 0 Å². The van der Waals surface area contributed by atoms with Crippen LogP contribution in [-0.4, -0.2) is 16.0 Å². The summed E-state index contributed by atoms with van der Waals surface area (Å²) in [5.74, 6) is 2.01. The topological polar surface area (TPSA) is 54.7 Å². The molecule has 1 saturated carbocycles. The van der Waals surface area contributed by atoms with Crippen LogP contribution in [0.1, 0.15) is 69.6 Å². The Balaban J connectivity index is 1.91. The molecular formula is C16H27N3. The minimum Gasteiger partial charge on any atom is -0.345 e. The van der Waals surface area contributed by atoms with Gasteiger partial charge in [0.25, 0.3) is 0 Å². The van der Waals surface area contributed by atoms with Gasteiger partial charge in [-0.1, -0.05) is 26.7 Å². The molecule has 106 valence electrons. The van der Waals surface area contributed by atoms with Gasteiger partial charge >= 0.3 is 0 Å². The smallest absolute Gasteiger partial charge is 0.112 e. The van der Waals surface area contributed by atoms with Crippen LogP contribution in [0.5, 0.6) is 0 Å². The summed E-state index contributed by atoms with van der Waals surface area (Å²) < 4.78 is 0. The summed E-state index contributed by atoms with van der Waals surface area (Å²) in [6, 6.07) is 0.324. The quantitative estimate of drug-likeness (QED) is 0.878. The van der Waals surface area contributed by atoms with Gasteiger partial charge in [-0.15, -0.1) is 0 Å². The van der Waals surface area contributed by atoms with Crippen LogP contribution in [-0.2, 0) is 18.3 Å². The first kappa shape index (κ1) is 13.2. The van der Waals surface area contributed by atoms with Crippen molar-refractivity contribution < 1.29 is 0 Å². The number of rotatable bonds is 3. The number of aromatic nitrogens is 2. The molecule has 3 heteroatoms. The highest BCUT2D eigenvalue weighted by Crippen LogP contribution is 2.45. The average molecular weight is 261 g/mol. The Hall–Kier alpha value is -0.830. The Bertz CT molecular complexity index is 441. The molecule has 19 heavy (non-hydrogen) atoms. The maximum absolute atomic E-state index is 6.08. The van der Waals surface area contributed by atoms with Crippen LogP contribution in [0.4, 0.5) is 0 Å². The molecule has 1 atom stereocenters. The predicted octanol–water partition coefficient (Wildman–Crippen LogP) is 3.08. The minimum absolute atomic E-state index is 0.324. The summed E-state index contributed by atoms with van der Waals surface area (Å²) in [5, 5.41) is 0. The second-order valence-corrected chi connectivity index (χ2v) is 7.10. The number of nitrogens with zero attached hydrogens (tertiary/aromatic N) is 1. The first-order valence-electron chi connectivity index (χ1n) is 7.93. The highest BCUT2D eigenvalue weighted by Gasteiger charge is 2.39. The van der Waals surface area contributed by atoms with E-state index in [1.807, 2.05) is 0 Å². The van der Waals surface area contributed by atoms with Crippen molar-refractivity contribution in [3.05, 3.63) is 17.2 Å². The fourth-order valence-corrected chi connectivity index (χ4v) is 4.13. The van der Waals surface area contributed by atoms with E-state index in [1.165, 1.54) is 49.3 Å². The van der Waals surface area contributed by atoms with Gasteiger partial charge < -0.3 is 10.7 Å². The van der Waals surface area contributed by atoms with E-state index in [0.717, 1.165) is 25.2 Å². The van der Waals surface area contributed by atoms with Gasteiger partial charge in [0, 0.05) is 23.6 Å². The molecule has 0 amide bonds. The van der Waals surface area contributed by atoms with Crippen molar-refractivity contribution >= 4 is 0 Å². The second-order valence-electron chi connectivity index (χ2n) is 7.10. The molecular weight excluding hydrogens is 234 g/mol. The van der Waals surface area contributed by atoms with E-state index in [9.17, 15) is 0 Å². The molecule has 1 unspecified atom stereocenters. The van der Waals surface area contributed by atoms with Crippen molar-refractivity contribution in [1.82, 2.24) is 9.97 Å². The molecule has 0 radical (unpaired) electrons. The van der Waals surface area contributed by atoms with E-state index in [0.29, 0.717) is 11.5 Å². The summed E-state index contributed by atoms with van der Waals surface area (Å²) in [6.45, 7) is 4.66. The highest BCUT2D eigenvalue weighted by atomic mass is 15.0. The lowest BCUT2D eigenvalue weighted by Gasteiger charge is -2.28. The Kier molecular flexibility index (Phi) is 3.42. The zero-order valence-electron chi connectivity index (χ0n) is 12.3. The molecule has 1 heterocycles. The second kappa shape index (κ2) is 4.93. The van der Waals surface area contributed by atoms with Crippen molar-refractivity contribution in [3.63, 3.8) is 0 Å². The molecule has 1 fully saturated rings. The lowest BCUT2D eigenvalue weighted by molar-refractivity contribution is 0.330. The minimum atomic E-state index is 0.324. The first-order valence-corrected chi connectivity index (χ1v) is 7.93. The summed E-state index contributed by atoms with van der Waals surface area (Å²) in [5.41, 5.74) is 9.03. The van der Waals surface area contributed by atoms with Gasteiger partial charge in [-0.05, 0) is 38.0 Å². The number of fused-ring (bicyclic) bond motifs is 1. The van der Waals surface area contributed by atoms with Gasteiger partial charge in [0.2, 0.25) is 0 Å². The molecule has 0 aromatic carbocycles. The molecule has 3 nitrogen and oxygen atoms in total. The van der Waals surface area contributed by atoms with E-state index in [2.05, 4.69) is 18.8 Å². The van der Waals surface area contributed by atoms with Gasteiger partial charge in [-0.25, -0.2) is 4.98 Å². The first-order chi connectivity index (χ1) is 9.09. The van der Waals surface area contributed by atoms with Crippen molar-refractivity contribution in [2.75, 3.05) is 0 Å². The molecule has 0 saturated heterocycles. The number of hydrogen-bond acceptors (Lipinski definition) is 2. The number of nitrogens with one attached hydrogen (secondary N) is 1. The predicted molar refractivity (Wildman–Crippen MR) is 78.2 cm³/mol. The summed E-state index contributed by atoms with van der Waals surface area (Å²) in [6.07, 6.45) is 9.74. The van der Waals surface area contributed by atoms with Crippen LogP contribution in [0, 0.1) is 5.92 Å². The van der Waals surface area contributed by atoms with Crippen LogP contribution in [0.25, 0.3) is 0 Å². The third-order valence-electron chi connectivity index (χ3n) is 4.94. The van der Waals surface area contributed by atoms with Gasteiger partial charge in [0.15, 0.2) is 0 Å². The lowest BCUT2D eigenvalue weighted by atomic mass is 9.78. The van der Waals surface area contributed by atoms with E-state index >= 15 is 0 Å². The van der Waals surface area contributed by atoms with Crippen LogP contribution in [0.3, 0.4) is 0 Å². The van der Waals surface area contributed by atoms with Gasteiger partial charge in [-0.2, -0.15) is 0 Å². The van der Waals surface area contributed by atoms with E-state index in [-0.39, 0.29) is 0 Å². The number of hydrogen-bond donors (Lipinski definition) is 2. The number of nitrogens with two attached hydrogens (primary N) is 1. The average Bonchev–Trinajstić information content (AvgIpc) is 2.94. The zero-order chi connectivity index (χ0) is 13.5. The molecule has 0 bridgehead atoms. The Morgan fingerprint density at radius 2 is 2.11 bits per heavy atom. The standard InChI is InChI=1S/C16H27N3/c1-11(2)10-16(7-3-4-8-16)15-18-13-6-5-12(17)9-14(13)19-15/h11-12H,3-10,17H2,1-2H3,(H,18,19). The van der Waals surface area contributed by atoms with Gasteiger partial charge in [-0.3, -0.25) is 0 Å². The van der Waals surface area contributed by atoms with Crippen LogP contribution in [0.2, 0.25) is 0 Å². The third kappa shape index (κ3) is 2.45. The Labute approximate surface area is 116 Å². The Morgan fingerprint density at radius 3 is 2.79 bits per heavy atom. The molecule has 3 N–H and O–H groups in total. The number of aryl methyl sites for hydroxylation is 1. The van der Waals surface area contributed by atoms with Crippen molar-refractivity contribution in [2.24, 2.45) is 11.7 Å². The van der Waals surface area contributed by atoms with Crippen molar-refractivity contribution in [2.45, 2.75) is 76.7 Å². The molecule has 0 spiro atoms. The zero-order valence-corrected chi connectivity index (χ0v) is 12.3. The maximum atomic E-state index is 6.08. The fourth-order valence-electron chi connectivity index (χ4n) is 4.13. The number of imidazole rings is 1. The summed E-state index contributed by atoms with van der Waals surface area (Å²) in [7, 11) is 0. The van der Waals surface area contributed by atoms with Gasteiger partial charge in [0.05, 0.1) is 5.69 Å². The van der Waals surface area contributed by atoms with Crippen molar-refractivity contribution in [1.29, 1.82) is 0 Å². The number of aromatic amines is 1. The third-order valence-corrected chi connectivity index (χ3v) is 4.94. The lowest BCUT2D eigenvalue weighted by Crippen LogP contribution is -2.27. The van der Waals surface area contributed by atoms with Crippen LogP contribution < -0.4 is 5.73 Å². The van der Waals surface area contributed by atoms with Gasteiger partial charge in [0.1, 0.15) is 5.82 Å². The molecule has 2 aliphatic rings. The number of H-pyrrole nitrogens is 1. The van der Waals surface area contributed by atoms with E-state index in [4.69, 9.17) is 10.7 Å². The maximum Gasteiger partial charge on any atom is 0.112 e. The largest absolute Gasteiger partial charge is 0.345 e. The summed E-state index contributed by atoms with van der Waals surface area (Å²) in [4.78, 5) is 8.64. The van der Waals surface area contributed by atoms with E-state index in [1.54, 1.807) is 0 Å². The Morgan fingerprint density at radius 1 is 1.37 bits per heavy atom. The molecule has 3 rings (SSSR count). The van der Waals surface area contributed by atoms with Crippen LogP contribution >= 0.6 is 0 Å². The fraction of sp³-hybridized carbons (Fsp3) is 0.812. The normalized spacial score (nSPS) is 25.8. The molecule has 0 aliphatic heterocycles. The molecule has 2 aliphatic carbocycles. The summed E-state index contributed by atoms with van der Waals surface area (Å²) >= 11 is 0. The van der Waals surface area contributed by atoms with E-state index < -0.39 is 0 Å². The monoisotopic (exact) mass is 261 g/mol. The molecule has 1 aromatic rings. The highest BCUT2D eigenvalue weighted by molar-refractivity contribution is 5.24. The molecule has 1 aromatic heterocycles. The van der Waals surface area contributed by atoms with Crippen molar-refractivity contribution in [3.8, 4) is 0 Å². The SMILES string of the molecule is CC(C)CC1(c2nc3c([nH]2)CC(N)CC3)CCCC1.